The Morgan fingerprint density at radius 2 is 1.84 bits per heavy atom. The number of carbonyl (C=O) groups excluding carboxylic acids is 3. The van der Waals surface area contributed by atoms with Gasteiger partial charge in [0.05, 0.1) is 18.4 Å². The number of hydrogen-bond donors (Lipinski definition) is 2. The molecule has 3 aromatic rings. The number of esters is 3. The number of carbonyl (C=O) groups is 3. The average Bonchev–Trinajstić information content (AvgIpc) is 3.51. The van der Waals surface area contributed by atoms with Gasteiger partial charge >= 0.3 is 25.7 Å². The number of nitrogens with zero attached hydrogens (tertiary/aromatic N) is 3. The van der Waals surface area contributed by atoms with Crippen molar-refractivity contribution in [3.63, 3.8) is 0 Å². The summed E-state index contributed by atoms with van der Waals surface area (Å²) < 4.78 is 64.0. The fourth-order valence-corrected chi connectivity index (χ4v) is 5.90. The Morgan fingerprint density at radius 1 is 1.14 bits per heavy atom. The van der Waals surface area contributed by atoms with E-state index >= 15 is 4.39 Å². The van der Waals surface area contributed by atoms with E-state index < -0.39 is 75.5 Å². The first kappa shape index (κ1) is 32.8. The third-order valence-electron chi connectivity index (χ3n) is 6.33. The standard InChI is InChI=1S/C27H33FN5O10P/c1-16(2)39-22(36)12-32-44(37,43-19-8-6-5-7-9-19)38-14-27(13-28)25(41-18(4)35)24(40-17(3)34)23(42-27)20-10-11-21-26(29)30-15-31-33(20)21/h5-11,15-16,23-25H,12-14H2,1-4H3,(H,32,37)(H2,29,30,31)/t23-,24-,25-,27+,44-/m0/s1. The van der Waals surface area contributed by atoms with Gasteiger partial charge in [-0.3, -0.25) is 18.9 Å². The summed E-state index contributed by atoms with van der Waals surface area (Å²) in [7, 11) is -4.47. The first-order chi connectivity index (χ1) is 20.9. The summed E-state index contributed by atoms with van der Waals surface area (Å²) in [5, 5.41) is 6.58. The Morgan fingerprint density at radius 3 is 2.48 bits per heavy atom. The molecule has 1 aliphatic rings. The van der Waals surface area contributed by atoms with Crippen LogP contribution < -0.4 is 15.3 Å². The summed E-state index contributed by atoms with van der Waals surface area (Å²) in [5.41, 5.74) is 4.41. The van der Waals surface area contributed by atoms with E-state index in [9.17, 15) is 18.9 Å². The van der Waals surface area contributed by atoms with Crippen LogP contribution in [0.2, 0.25) is 0 Å². The van der Waals surface area contributed by atoms with Crippen molar-refractivity contribution < 1.29 is 51.3 Å². The molecule has 1 aliphatic heterocycles. The zero-order valence-corrected chi connectivity index (χ0v) is 25.3. The number of alkyl halides is 1. The van der Waals surface area contributed by atoms with Crippen molar-refractivity contribution in [1.29, 1.82) is 0 Å². The van der Waals surface area contributed by atoms with Gasteiger partial charge in [-0.15, -0.1) is 0 Å². The Kier molecular flexibility index (Phi) is 10.2. The number of ether oxygens (including phenoxy) is 4. The highest BCUT2D eigenvalue weighted by molar-refractivity contribution is 7.52. The van der Waals surface area contributed by atoms with Crippen LogP contribution in [0.25, 0.3) is 5.52 Å². The number of hydrogen-bond acceptors (Lipinski definition) is 13. The molecule has 0 unspecified atom stereocenters. The molecule has 5 atom stereocenters. The maximum Gasteiger partial charge on any atom is 0.459 e. The SMILES string of the molecule is CC(=O)O[C@H]1[C@H](c2ccc3c(N)ncnn23)O[C@](CF)(CO[P@@](=O)(NCC(=O)OC(C)C)Oc2ccccc2)[C@H]1OC(C)=O. The second-order valence-electron chi connectivity index (χ2n) is 10.1. The molecule has 44 heavy (non-hydrogen) atoms. The Labute approximate surface area is 251 Å². The van der Waals surface area contributed by atoms with Gasteiger partial charge in [0.15, 0.2) is 23.6 Å². The van der Waals surface area contributed by atoms with Crippen LogP contribution in [0.1, 0.15) is 39.5 Å². The highest BCUT2D eigenvalue weighted by Crippen LogP contribution is 2.49. The molecule has 3 N–H and O–H groups in total. The second-order valence-corrected chi connectivity index (χ2v) is 11.8. The lowest BCUT2D eigenvalue weighted by molar-refractivity contribution is -0.172. The normalized spacial score (nSPS) is 22.8. The Balaban J connectivity index is 1.71. The number of benzene rings is 1. The zero-order valence-electron chi connectivity index (χ0n) is 24.4. The second kappa shape index (κ2) is 13.7. The minimum Gasteiger partial charge on any atom is -0.462 e. The van der Waals surface area contributed by atoms with Crippen LogP contribution in [-0.4, -0.2) is 76.2 Å². The molecular formula is C27H33FN5O10P. The summed E-state index contributed by atoms with van der Waals surface area (Å²) >= 11 is 0. The zero-order chi connectivity index (χ0) is 32.1. The fraction of sp³-hybridized carbons (Fsp3) is 0.444. The lowest BCUT2D eigenvalue weighted by Gasteiger charge is -2.32. The predicted octanol–water partition coefficient (Wildman–Crippen LogP) is 2.70. The van der Waals surface area contributed by atoms with Gasteiger partial charge in [-0.05, 0) is 38.1 Å². The fourth-order valence-electron chi connectivity index (χ4n) is 4.58. The first-order valence-corrected chi connectivity index (χ1v) is 15.0. The molecule has 17 heteroatoms. The molecule has 3 heterocycles. The van der Waals surface area contributed by atoms with Crippen molar-refractivity contribution in [3.05, 3.63) is 54.5 Å². The van der Waals surface area contributed by atoms with Crippen LogP contribution in [-0.2, 0) is 42.4 Å². The Hall–Kier alpha value is -4.11. The topological polar surface area (TPSA) is 192 Å². The quantitative estimate of drug-likeness (QED) is 0.158. The lowest BCUT2D eigenvalue weighted by Crippen LogP contribution is -2.52. The molecule has 4 rings (SSSR count). The molecule has 15 nitrogen and oxygen atoms in total. The Bertz CT molecular complexity index is 1540. The van der Waals surface area contributed by atoms with E-state index in [-0.39, 0.29) is 17.3 Å². The molecule has 238 valence electrons. The smallest absolute Gasteiger partial charge is 0.459 e. The van der Waals surface area contributed by atoms with E-state index in [2.05, 4.69) is 15.2 Å². The molecule has 0 amide bonds. The highest BCUT2D eigenvalue weighted by atomic mass is 31.2. The number of fused-ring (bicyclic) bond motifs is 1. The molecule has 0 spiro atoms. The van der Waals surface area contributed by atoms with Gasteiger partial charge < -0.3 is 29.2 Å². The lowest BCUT2D eigenvalue weighted by atomic mass is 9.95. The van der Waals surface area contributed by atoms with Crippen LogP contribution in [0.4, 0.5) is 10.2 Å². The molecule has 2 aromatic heterocycles. The monoisotopic (exact) mass is 637 g/mol. The van der Waals surface area contributed by atoms with Crippen LogP contribution >= 0.6 is 7.75 Å². The molecule has 0 saturated carbocycles. The number of rotatable bonds is 13. The van der Waals surface area contributed by atoms with E-state index in [1.807, 2.05) is 0 Å². The molecular weight excluding hydrogens is 604 g/mol. The van der Waals surface area contributed by atoms with E-state index in [4.69, 9.17) is 33.7 Å². The number of para-hydroxylation sites is 1. The van der Waals surface area contributed by atoms with Gasteiger partial charge in [0.1, 0.15) is 36.9 Å². The maximum absolute atomic E-state index is 15.2. The number of anilines is 1. The first-order valence-electron chi connectivity index (χ1n) is 13.5. The minimum absolute atomic E-state index is 0.103. The number of halogens is 1. The van der Waals surface area contributed by atoms with Crippen molar-refractivity contribution in [2.24, 2.45) is 0 Å². The van der Waals surface area contributed by atoms with Crippen LogP contribution in [0, 0.1) is 0 Å². The van der Waals surface area contributed by atoms with Crippen LogP contribution in [0.3, 0.4) is 0 Å². The van der Waals surface area contributed by atoms with E-state index in [1.54, 1.807) is 44.2 Å². The molecule has 0 radical (unpaired) electrons. The summed E-state index contributed by atoms with van der Waals surface area (Å²) in [4.78, 5) is 40.6. The van der Waals surface area contributed by atoms with E-state index in [0.29, 0.717) is 5.52 Å². The van der Waals surface area contributed by atoms with Crippen LogP contribution in [0.15, 0.2) is 48.8 Å². The molecule has 1 aromatic carbocycles. The highest BCUT2D eigenvalue weighted by Gasteiger charge is 2.61. The summed E-state index contributed by atoms with van der Waals surface area (Å²) in [6, 6.07) is 11.0. The van der Waals surface area contributed by atoms with Gasteiger partial charge in [0.25, 0.3) is 0 Å². The van der Waals surface area contributed by atoms with Crippen molar-refractivity contribution >= 4 is 37.0 Å². The third-order valence-corrected chi connectivity index (χ3v) is 7.80. The average molecular weight is 638 g/mol. The van der Waals surface area contributed by atoms with E-state index in [0.717, 1.165) is 13.8 Å². The summed E-state index contributed by atoms with van der Waals surface area (Å²) in [6.45, 7) is 2.66. The van der Waals surface area contributed by atoms with Gasteiger partial charge in [-0.1, -0.05) is 18.2 Å². The van der Waals surface area contributed by atoms with Crippen molar-refractivity contribution in [3.8, 4) is 5.75 Å². The molecule has 1 fully saturated rings. The number of aromatic nitrogens is 3. The third kappa shape index (κ3) is 7.50. The minimum atomic E-state index is -4.47. The number of nitrogens with one attached hydrogen (secondary N) is 1. The van der Waals surface area contributed by atoms with Gasteiger partial charge in [0, 0.05) is 13.8 Å². The maximum atomic E-state index is 15.2. The van der Waals surface area contributed by atoms with Crippen molar-refractivity contribution in [2.45, 2.75) is 57.7 Å². The summed E-state index contributed by atoms with van der Waals surface area (Å²) in [6.07, 6.45) is -3.55. The van der Waals surface area contributed by atoms with E-state index in [1.165, 1.54) is 23.0 Å². The van der Waals surface area contributed by atoms with Crippen molar-refractivity contribution in [2.75, 3.05) is 25.6 Å². The molecule has 1 saturated heterocycles. The number of nitrogens with two attached hydrogens (primary N) is 1. The summed E-state index contributed by atoms with van der Waals surface area (Å²) in [5.74, 6) is -2.15. The van der Waals surface area contributed by atoms with Crippen LogP contribution in [0.5, 0.6) is 5.75 Å². The van der Waals surface area contributed by atoms with Crippen molar-refractivity contribution in [1.82, 2.24) is 19.7 Å². The van der Waals surface area contributed by atoms with Gasteiger partial charge in [-0.2, -0.15) is 5.10 Å². The molecule has 0 bridgehead atoms. The molecule has 0 aliphatic carbocycles. The predicted molar refractivity (Wildman–Crippen MR) is 151 cm³/mol. The largest absolute Gasteiger partial charge is 0.462 e. The number of nitrogen functional groups attached to an aromatic ring is 1. The van der Waals surface area contributed by atoms with Gasteiger partial charge in [0.2, 0.25) is 0 Å². The van der Waals surface area contributed by atoms with Gasteiger partial charge in [-0.25, -0.2) is 23.5 Å².